The number of aromatic nitrogens is 4. The van der Waals surface area contributed by atoms with Crippen LogP contribution in [-0.4, -0.2) is 20.0 Å². The van der Waals surface area contributed by atoms with Crippen LogP contribution in [0, 0.1) is 6.92 Å². The summed E-state index contributed by atoms with van der Waals surface area (Å²) in [6.45, 7) is 2.08. The van der Waals surface area contributed by atoms with Crippen LogP contribution < -0.4 is 0 Å². The number of fused-ring (bicyclic) bond motifs is 1. The average Bonchev–Trinajstić information content (AvgIpc) is 2.83. The molecule has 0 unspecified atom stereocenters. The number of nitrogens with zero attached hydrogens (tertiary/aromatic N) is 3. The monoisotopic (exact) mass is 212 g/mol. The second-order valence-corrected chi connectivity index (χ2v) is 4.02. The van der Waals surface area contributed by atoms with Crippen LogP contribution in [0.2, 0.25) is 0 Å². The zero-order valence-electron chi connectivity index (χ0n) is 9.23. The summed E-state index contributed by atoms with van der Waals surface area (Å²) in [4.78, 5) is 0. The van der Waals surface area contributed by atoms with Crippen LogP contribution in [0.25, 0.3) is 22.2 Å². The molecular formula is C12H12N4. The first-order valence-corrected chi connectivity index (χ1v) is 5.18. The van der Waals surface area contributed by atoms with Crippen LogP contribution in [0.4, 0.5) is 0 Å². The van der Waals surface area contributed by atoms with Crippen molar-refractivity contribution in [1.82, 2.24) is 20.0 Å². The molecule has 0 amide bonds. The smallest absolute Gasteiger partial charge is 0.103 e. The molecule has 0 bridgehead atoms. The molecule has 3 rings (SSSR count). The molecule has 3 aromatic rings. The number of aromatic amines is 1. The van der Waals surface area contributed by atoms with Crippen LogP contribution in [-0.2, 0) is 7.05 Å². The Morgan fingerprint density at radius 3 is 2.94 bits per heavy atom. The minimum atomic E-state index is 0.965. The molecule has 4 nitrogen and oxygen atoms in total. The van der Waals surface area contributed by atoms with Crippen molar-refractivity contribution in [3.63, 3.8) is 0 Å². The van der Waals surface area contributed by atoms with Gasteiger partial charge in [-0.15, -0.1) is 0 Å². The number of hydrogen-bond donors (Lipinski definition) is 1. The summed E-state index contributed by atoms with van der Waals surface area (Å²) < 4.78 is 1.78. The van der Waals surface area contributed by atoms with Gasteiger partial charge in [-0.25, -0.2) is 0 Å². The summed E-state index contributed by atoms with van der Waals surface area (Å²) in [5.41, 5.74) is 4.30. The summed E-state index contributed by atoms with van der Waals surface area (Å²) in [7, 11) is 1.91. The fourth-order valence-electron chi connectivity index (χ4n) is 1.89. The van der Waals surface area contributed by atoms with Crippen molar-refractivity contribution < 1.29 is 0 Å². The summed E-state index contributed by atoms with van der Waals surface area (Å²) in [5, 5.41) is 12.7. The van der Waals surface area contributed by atoms with Gasteiger partial charge in [-0.3, -0.25) is 9.78 Å². The van der Waals surface area contributed by atoms with Crippen LogP contribution >= 0.6 is 0 Å². The van der Waals surface area contributed by atoms with E-state index in [0.717, 1.165) is 22.2 Å². The van der Waals surface area contributed by atoms with Gasteiger partial charge in [0, 0.05) is 24.2 Å². The van der Waals surface area contributed by atoms with Gasteiger partial charge in [-0.05, 0) is 19.1 Å². The summed E-state index contributed by atoms with van der Waals surface area (Å²) in [5.74, 6) is 0. The lowest BCUT2D eigenvalue weighted by Crippen LogP contribution is -1.84. The fourth-order valence-corrected chi connectivity index (χ4v) is 1.89. The van der Waals surface area contributed by atoms with Crippen molar-refractivity contribution in [3.05, 3.63) is 36.2 Å². The molecule has 0 radical (unpaired) electrons. The summed E-state index contributed by atoms with van der Waals surface area (Å²) in [6, 6.07) is 6.27. The van der Waals surface area contributed by atoms with E-state index in [-0.39, 0.29) is 0 Å². The van der Waals surface area contributed by atoms with E-state index in [1.165, 1.54) is 5.56 Å². The quantitative estimate of drug-likeness (QED) is 0.672. The molecule has 0 saturated heterocycles. The number of nitrogens with one attached hydrogen (secondary N) is 1. The zero-order valence-corrected chi connectivity index (χ0v) is 9.23. The highest BCUT2D eigenvalue weighted by Gasteiger charge is 2.09. The number of benzene rings is 1. The van der Waals surface area contributed by atoms with Crippen molar-refractivity contribution in [2.75, 3.05) is 0 Å². The molecule has 80 valence electrons. The molecule has 2 heterocycles. The van der Waals surface area contributed by atoms with Gasteiger partial charge in [-0.1, -0.05) is 11.6 Å². The average molecular weight is 212 g/mol. The lowest BCUT2D eigenvalue weighted by molar-refractivity contribution is 0.768. The Kier molecular flexibility index (Phi) is 1.83. The Hall–Kier alpha value is -2.10. The third kappa shape index (κ3) is 1.31. The van der Waals surface area contributed by atoms with Gasteiger partial charge >= 0.3 is 0 Å². The third-order valence-electron chi connectivity index (χ3n) is 2.70. The van der Waals surface area contributed by atoms with E-state index in [0.29, 0.717) is 0 Å². The lowest BCUT2D eigenvalue weighted by Gasteiger charge is -1.94. The van der Waals surface area contributed by atoms with E-state index in [1.807, 2.05) is 19.4 Å². The van der Waals surface area contributed by atoms with E-state index in [4.69, 9.17) is 0 Å². The number of hydrogen-bond acceptors (Lipinski definition) is 2. The maximum absolute atomic E-state index is 4.34. The van der Waals surface area contributed by atoms with E-state index in [9.17, 15) is 0 Å². The van der Waals surface area contributed by atoms with E-state index in [1.54, 1.807) is 4.68 Å². The van der Waals surface area contributed by atoms with Crippen LogP contribution in [0.3, 0.4) is 0 Å². The van der Waals surface area contributed by atoms with E-state index >= 15 is 0 Å². The van der Waals surface area contributed by atoms with Gasteiger partial charge in [0.2, 0.25) is 0 Å². The molecule has 0 aliphatic heterocycles. The highest BCUT2D eigenvalue weighted by molar-refractivity contribution is 5.92. The van der Waals surface area contributed by atoms with Gasteiger partial charge in [-0.2, -0.15) is 10.2 Å². The van der Waals surface area contributed by atoms with Crippen molar-refractivity contribution in [3.8, 4) is 11.3 Å². The topological polar surface area (TPSA) is 46.5 Å². The van der Waals surface area contributed by atoms with Gasteiger partial charge in [0.25, 0.3) is 0 Å². The Bertz CT molecular complexity index is 648. The molecule has 0 saturated carbocycles. The highest BCUT2D eigenvalue weighted by Crippen LogP contribution is 2.26. The Morgan fingerprint density at radius 2 is 2.19 bits per heavy atom. The zero-order chi connectivity index (χ0) is 11.1. The molecule has 4 heteroatoms. The van der Waals surface area contributed by atoms with Crippen molar-refractivity contribution >= 4 is 10.9 Å². The minimum Gasteiger partial charge on any atom is -0.277 e. The Labute approximate surface area is 92.9 Å². The SMILES string of the molecule is Cc1ccc2[nH]nc(-c3cnn(C)c3)c2c1. The third-order valence-corrected chi connectivity index (χ3v) is 2.70. The number of aryl methyl sites for hydroxylation is 2. The molecule has 0 aliphatic rings. The van der Waals surface area contributed by atoms with Crippen molar-refractivity contribution in [2.45, 2.75) is 6.92 Å². The maximum Gasteiger partial charge on any atom is 0.103 e. The second kappa shape index (κ2) is 3.20. The van der Waals surface area contributed by atoms with Crippen LogP contribution in [0.5, 0.6) is 0 Å². The van der Waals surface area contributed by atoms with Crippen LogP contribution in [0.15, 0.2) is 30.6 Å². The highest BCUT2D eigenvalue weighted by atomic mass is 15.2. The molecule has 0 aliphatic carbocycles. The Morgan fingerprint density at radius 1 is 1.31 bits per heavy atom. The molecule has 0 atom stereocenters. The first-order chi connectivity index (χ1) is 7.74. The minimum absolute atomic E-state index is 0.965. The molecular weight excluding hydrogens is 200 g/mol. The second-order valence-electron chi connectivity index (χ2n) is 4.02. The van der Waals surface area contributed by atoms with Crippen molar-refractivity contribution in [2.24, 2.45) is 7.05 Å². The maximum atomic E-state index is 4.34. The molecule has 0 fully saturated rings. The lowest BCUT2D eigenvalue weighted by atomic mass is 10.1. The normalized spacial score (nSPS) is 11.1. The van der Waals surface area contributed by atoms with Crippen molar-refractivity contribution in [1.29, 1.82) is 0 Å². The van der Waals surface area contributed by atoms with Gasteiger partial charge < -0.3 is 0 Å². The number of rotatable bonds is 1. The first-order valence-electron chi connectivity index (χ1n) is 5.18. The fraction of sp³-hybridized carbons (Fsp3) is 0.167. The van der Waals surface area contributed by atoms with Gasteiger partial charge in [0.15, 0.2) is 0 Å². The van der Waals surface area contributed by atoms with E-state index < -0.39 is 0 Å². The van der Waals surface area contributed by atoms with E-state index in [2.05, 4.69) is 40.4 Å². The molecule has 0 spiro atoms. The molecule has 1 N–H and O–H groups in total. The number of H-pyrrole nitrogens is 1. The summed E-state index contributed by atoms with van der Waals surface area (Å²) in [6.07, 6.45) is 3.80. The van der Waals surface area contributed by atoms with Gasteiger partial charge in [0.05, 0.1) is 11.7 Å². The van der Waals surface area contributed by atoms with Gasteiger partial charge in [0.1, 0.15) is 5.69 Å². The standard InChI is InChI=1S/C12H12N4/c1-8-3-4-11-10(5-8)12(15-14-11)9-6-13-16(2)7-9/h3-7H,1-2H3,(H,14,15). The molecule has 2 aromatic heterocycles. The Balaban J connectivity index is 2.27. The predicted molar refractivity (Wildman–Crippen MR) is 63.0 cm³/mol. The van der Waals surface area contributed by atoms with Crippen LogP contribution in [0.1, 0.15) is 5.56 Å². The molecule has 1 aromatic carbocycles. The largest absolute Gasteiger partial charge is 0.277 e. The first kappa shape index (κ1) is 9.15. The summed E-state index contributed by atoms with van der Waals surface area (Å²) >= 11 is 0. The molecule has 16 heavy (non-hydrogen) atoms. The predicted octanol–water partition coefficient (Wildman–Crippen LogP) is 2.27.